The predicted molar refractivity (Wildman–Crippen MR) is 106 cm³/mol. The minimum atomic E-state index is -3.54. The van der Waals surface area contributed by atoms with Crippen LogP contribution in [0.1, 0.15) is 0 Å². The van der Waals surface area contributed by atoms with Gasteiger partial charge in [-0.05, 0) is 36.4 Å². The summed E-state index contributed by atoms with van der Waals surface area (Å²) in [5, 5.41) is 2.70. The molecule has 0 radical (unpaired) electrons. The fraction of sp³-hybridized carbons (Fsp3) is 0.350. The van der Waals surface area contributed by atoms with Crippen LogP contribution in [0.4, 0.5) is 0 Å². The Kier molecular flexibility index (Phi) is 7.45. The highest BCUT2D eigenvalue weighted by molar-refractivity contribution is 7.89. The van der Waals surface area contributed by atoms with Crippen LogP contribution in [0.3, 0.4) is 0 Å². The average Bonchev–Trinajstić information content (AvgIpc) is 2.77. The molecule has 29 heavy (non-hydrogen) atoms. The number of amides is 1. The Labute approximate surface area is 170 Å². The molecule has 3 rings (SSSR count). The number of carbonyl (C=O) groups excluding carboxylic acids is 1. The summed E-state index contributed by atoms with van der Waals surface area (Å²) in [6.45, 7) is 2.01. The molecule has 1 saturated heterocycles. The first kappa shape index (κ1) is 21.1. The maximum atomic E-state index is 12.6. The molecule has 1 aliphatic heterocycles. The van der Waals surface area contributed by atoms with E-state index in [1.165, 1.54) is 16.4 Å². The molecule has 0 saturated carbocycles. The molecule has 9 heteroatoms. The van der Waals surface area contributed by atoms with E-state index < -0.39 is 10.0 Å². The molecule has 0 bridgehead atoms. The van der Waals surface area contributed by atoms with Gasteiger partial charge in [-0.25, -0.2) is 8.42 Å². The summed E-state index contributed by atoms with van der Waals surface area (Å²) in [5.41, 5.74) is 0. The predicted octanol–water partition coefficient (Wildman–Crippen LogP) is 1.28. The second-order valence-electron chi connectivity index (χ2n) is 6.29. The van der Waals surface area contributed by atoms with Crippen LogP contribution in [0, 0.1) is 0 Å². The quantitative estimate of drug-likeness (QED) is 0.615. The van der Waals surface area contributed by atoms with E-state index in [1.807, 2.05) is 30.3 Å². The second-order valence-corrected chi connectivity index (χ2v) is 8.23. The molecule has 8 nitrogen and oxygen atoms in total. The van der Waals surface area contributed by atoms with Gasteiger partial charge in [-0.3, -0.25) is 4.79 Å². The van der Waals surface area contributed by atoms with Crippen LogP contribution in [0.25, 0.3) is 0 Å². The van der Waals surface area contributed by atoms with Crippen molar-refractivity contribution < 1.29 is 27.4 Å². The SMILES string of the molecule is O=C(COc1ccc(S(=O)(=O)N2CCOCC2)cc1)NCCOc1ccccc1. The van der Waals surface area contributed by atoms with Crippen molar-refractivity contribution in [1.29, 1.82) is 0 Å². The lowest BCUT2D eigenvalue weighted by Crippen LogP contribution is -2.40. The Morgan fingerprint density at radius 1 is 0.966 bits per heavy atom. The lowest BCUT2D eigenvalue weighted by Gasteiger charge is -2.26. The highest BCUT2D eigenvalue weighted by Crippen LogP contribution is 2.20. The van der Waals surface area contributed by atoms with E-state index in [-0.39, 0.29) is 17.4 Å². The zero-order valence-corrected chi connectivity index (χ0v) is 16.8. The summed E-state index contributed by atoms with van der Waals surface area (Å²) in [5.74, 6) is 0.874. The van der Waals surface area contributed by atoms with Crippen LogP contribution in [0.5, 0.6) is 11.5 Å². The third kappa shape index (κ3) is 6.18. The van der Waals surface area contributed by atoms with Gasteiger partial charge in [-0.2, -0.15) is 4.31 Å². The zero-order chi connectivity index (χ0) is 20.5. The van der Waals surface area contributed by atoms with E-state index in [4.69, 9.17) is 14.2 Å². The van der Waals surface area contributed by atoms with Gasteiger partial charge in [0.1, 0.15) is 18.1 Å². The number of sulfonamides is 1. The topological polar surface area (TPSA) is 94.2 Å². The molecule has 1 amide bonds. The fourth-order valence-corrected chi connectivity index (χ4v) is 4.13. The van der Waals surface area contributed by atoms with Crippen LogP contribution in [0.15, 0.2) is 59.5 Å². The molecule has 1 heterocycles. The third-order valence-corrected chi connectivity index (χ3v) is 6.15. The minimum Gasteiger partial charge on any atom is -0.492 e. The van der Waals surface area contributed by atoms with Crippen molar-refractivity contribution in [1.82, 2.24) is 9.62 Å². The zero-order valence-electron chi connectivity index (χ0n) is 16.0. The molecule has 0 unspecified atom stereocenters. The summed E-state index contributed by atoms with van der Waals surface area (Å²) < 4.78 is 42.6. The highest BCUT2D eigenvalue weighted by Gasteiger charge is 2.26. The van der Waals surface area contributed by atoms with Crippen LogP contribution in [0.2, 0.25) is 0 Å². The van der Waals surface area contributed by atoms with E-state index >= 15 is 0 Å². The van der Waals surface area contributed by atoms with Crippen molar-refractivity contribution in [2.75, 3.05) is 46.1 Å². The molecular formula is C20H24N2O6S. The molecule has 1 fully saturated rings. The number of ether oxygens (including phenoxy) is 3. The normalized spacial score (nSPS) is 14.9. The van der Waals surface area contributed by atoms with E-state index in [2.05, 4.69) is 5.32 Å². The number of nitrogens with zero attached hydrogens (tertiary/aromatic N) is 1. The minimum absolute atomic E-state index is 0.166. The Hall–Kier alpha value is -2.62. The Morgan fingerprint density at radius 3 is 2.31 bits per heavy atom. The van der Waals surface area contributed by atoms with Crippen molar-refractivity contribution in [2.24, 2.45) is 0 Å². The number of hydrogen-bond donors (Lipinski definition) is 1. The number of benzene rings is 2. The molecule has 2 aromatic carbocycles. The number of nitrogens with one attached hydrogen (secondary N) is 1. The second kappa shape index (κ2) is 10.2. The summed E-state index contributed by atoms with van der Waals surface area (Å²) in [6, 6.07) is 15.4. The molecule has 2 aromatic rings. The first-order valence-electron chi connectivity index (χ1n) is 9.31. The fourth-order valence-electron chi connectivity index (χ4n) is 2.72. The molecule has 0 atom stereocenters. The lowest BCUT2D eigenvalue weighted by molar-refractivity contribution is -0.123. The van der Waals surface area contributed by atoms with Gasteiger partial charge < -0.3 is 19.5 Å². The summed E-state index contributed by atoms with van der Waals surface area (Å²) in [7, 11) is -3.54. The van der Waals surface area contributed by atoms with Gasteiger partial charge in [-0.15, -0.1) is 0 Å². The van der Waals surface area contributed by atoms with Crippen LogP contribution < -0.4 is 14.8 Å². The molecule has 156 valence electrons. The Morgan fingerprint density at radius 2 is 1.62 bits per heavy atom. The number of morpholine rings is 1. The van der Waals surface area contributed by atoms with E-state index in [9.17, 15) is 13.2 Å². The Balaban J connectivity index is 1.41. The lowest BCUT2D eigenvalue weighted by atomic mass is 10.3. The van der Waals surface area contributed by atoms with Crippen LogP contribution in [-0.2, 0) is 19.6 Å². The maximum absolute atomic E-state index is 12.6. The number of para-hydroxylation sites is 1. The summed E-state index contributed by atoms with van der Waals surface area (Å²) in [6.07, 6.45) is 0. The molecule has 1 N–H and O–H groups in total. The standard InChI is InChI=1S/C20H24N2O6S/c23-20(21-10-13-27-17-4-2-1-3-5-17)16-28-18-6-8-19(9-7-18)29(24,25)22-11-14-26-15-12-22/h1-9H,10-16H2,(H,21,23). The first-order chi connectivity index (χ1) is 14.1. The van der Waals surface area contributed by atoms with Gasteiger partial charge in [0.15, 0.2) is 6.61 Å². The number of hydrogen-bond acceptors (Lipinski definition) is 6. The molecule has 0 spiro atoms. The van der Waals surface area contributed by atoms with Gasteiger partial charge in [0, 0.05) is 13.1 Å². The van der Waals surface area contributed by atoms with Crippen molar-refractivity contribution in [2.45, 2.75) is 4.90 Å². The summed E-state index contributed by atoms with van der Waals surface area (Å²) in [4.78, 5) is 12.0. The van der Waals surface area contributed by atoms with Crippen LogP contribution in [-0.4, -0.2) is 64.7 Å². The van der Waals surface area contributed by atoms with Gasteiger partial charge in [0.25, 0.3) is 5.91 Å². The van der Waals surface area contributed by atoms with Crippen molar-refractivity contribution in [3.63, 3.8) is 0 Å². The van der Waals surface area contributed by atoms with Crippen molar-refractivity contribution in [3.8, 4) is 11.5 Å². The molecular weight excluding hydrogens is 396 g/mol. The van der Waals surface area contributed by atoms with Crippen molar-refractivity contribution in [3.05, 3.63) is 54.6 Å². The Bertz CT molecular complexity index is 881. The van der Waals surface area contributed by atoms with Gasteiger partial charge in [0.05, 0.1) is 24.7 Å². The molecule has 0 aromatic heterocycles. The number of carbonyl (C=O) groups is 1. The highest BCUT2D eigenvalue weighted by atomic mass is 32.2. The summed E-state index contributed by atoms with van der Waals surface area (Å²) >= 11 is 0. The van der Waals surface area contributed by atoms with Gasteiger partial charge in [0.2, 0.25) is 10.0 Å². The van der Waals surface area contributed by atoms with E-state index in [1.54, 1.807) is 12.1 Å². The largest absolute Gasteiger partial charge is 0.492 e. The van der Waals surface area contributed by atoms with E-state index in [0.29, 0.717) is 45.2 Å². The molecule has 0 aliphatic carbocycles. The third-order valence-electron chi connectivity index (χ3n) is 4.24. The maximum Gasteiger partial charge on any atom is 0.258 e. The molecule has 1 aliphatic rings. The van der Waals surface area contributed by atoms with Gasteiger partial charge in [-0.1, -0.05) is 18.2 Å². The van der Waals surface area contributed by atoms with Gasteiger partial charge >= 0.3 is 0 Å². The van der Waals surface area contributed by atoms with E-state index in [0.717, 1.165) is 5.75 Å². The van der Waals surface area contributed by atoms with Crippen LogP contribution >= 0.6 is 0 Å². The monoisotopic (exact) mass is 420 g/mol. The smallest absolute Gasteiger partial charge is 0.258 e. The van der Waals surface area contributed by atoms with Crippen molar-refractivity contribution >= 4 is 15.9 Å². The first-order valence-corrected chi connectivity index (χ1v) is 10.7. The number of rotatable bonds is 9. The average molecular weight is 420 g/mol.